The molecular weight excluding hydrogens is 178 g/mol. The van der Waals surface area contributed by atoms with Gasteiger partial charge >= 0.3 is 5.97 Å². The normalized spacial score (nSPS) is 9.50. The number of methoxy groups -OCH3 is 1. The smallest absolute Gasteiger partial charge is 0.349 e. The number of carbonyl (C=O) groups excluding carboxylic acids is 1. The third-order valence-corrected chi connectivity index (χ3v) is 2.03. The number of ether oxygens (including phenoxy) is 2. The van der Waals surface area contributed by atoms with Gasteiger partial charge in [0.2, 0.25) is 0 Å². The second kappa shape index (κ2) is 4.06. The molecule has 1 aromatic heterocycles. The van der Waals surface area contributed by atoms with Crippen molar-refractivity contribution in [2.24, 2.45) is 0 Å². The molecule has 0 saturated carbocycles. The van der Waals surface area contributed by atoms with Crippen molar-refractivity contribution in [3.8, 4) is 5.19 Å². The van der Waals surface area contributed by atoms with Gasteiger partial charge < -0.3 is 9.47 Å². The van der Waals surface area contributed by atoms with E-state index in [-0.39, 0.29) is 5.97 Å². The zero-order valence-corrected chi connectivity index (χ0v) is 7.68. The summed E-state index contributed by atoms with van der Waals surface area (Å²) in [4.78, 5) is 15.3. The standard InChI is InChI=1S/C7H9NO3S/c1-3-11-7-8-4-5(12-7)6(9)10-2/h4H,3H2,1-2H3. The van der Waals surface area contributed by atoms with Gasteiger partial charge in [-0.15, -0.1) is 0 Å². The van der Waals surface area contributed by atoms with Crippen molar-refractivity contribution in [3.05, 3.63) is 11.1 Å². The van der Waals surface area contributed by atoms with Gasteiger partial charge in [-0.25, -0.2) is 9.78 Å². The molecule has 66 valence electrons. The first-order valence-electron chi connectivity index (χ1n) is 3.45. The lowest BCUT2D eigenvalue weighted by Crippen LogP contribution is -1.96. The van der Waals surface area contributed by atoms with E-state index in [1.807, 2.05) is 6.92 Å². The molecule has 0 aromatic carbocycles. The molecule has 4 nitrogen and oxygen atoms in total. The number of hydrogen-bond donors (Lipinski definition) is 0. The van der Waals surface area contributed by atoms with E-state index in [9.17, 15) is 4.79 Å². The van der Waals surface area contributed by atoms with Gasteiger partial charge in [0.15, 0.2) is 0 Å². The average Bonchev–Trinajstić information content (AvgIpc) is 2.52. The molecule has 0 saturated heterocycles. The maximum absolute atomic E-state index is 10.9. The van der Waals surface area contributed by atoms with E-state index in [0.717, 1.165) is 0 Å². The van der Waals surface area contributed by atoms with E-state index in [1.165, 1.54) is 24.6 Å². The monoisotopic (exact) mass is 187 g/mol. The Morgan fingerprint density at radius 3 is 3.08 bits per heavy atom. The summed E-state index contributed by atoms with van der Waals surface area (Å²) in [5.41, 5.74) is 0. The predicted molar refractivity (Wildman–Crippen MR) is 44.6 cm³/mol. The van der Waals surface area contributed by atoms with E-state index in [4.69, 9.17) is 4.74 Å². The summed E-state index contributed by atoms with van der Waals surface area (Å²) in [5, 5.41) is 0.498. The van der Waals surface area contributed by atoms with Crippen LogP contribution in [0.4, 0.5) is 0 Å². The largest absolute Gasteiger partial charge is 0.470 e. The van der Waals surface area contributed by atoms with Crippen molar-refractivity contribution in [3.63, 3.8) is 0 Å². The average molecular weight is 187 g/mol. The second-order valence-corrected chi connectivity index (χ2v) is 2.91. The second-order valence-electron chi connectivity index (χ2n) is 1.92. The molecule has 0 atom stereocenters. The topological polar surface area (TPSA) is 48.4 Å². The van der Waals surface area contributed by atoms with E-state index in [1.54, 1.807) is 0 Å². The van der Waals surface area contributed by atoms with Crippen LogP contribution in [-0.2, 0) is 4.74 Å². The van der Waals surface area contributed by atoms with Gasteiger partial charge in [0.1, 0.15) is 4.88 Å². The molecule has 0 bridgehead atoms. The van der Waals surface area contributed by atoms with Crippen molar-refractivity contribution < 1.29 is 14.3 Å². The molecule has 0 aliphatic carbocycles. The van der Waals surface area contributed by atoms with Crippen LogP contribution in [0.1, 0.15) is 16.6 Å². The highest BCUT2D eigenvalue weighted by Gasteiger charge is 2.10. The number of aromatic nitrogens is 1. The van der Waals surface area contributed by atoms with Crippen LogP contribution in [0.25, 0.3) is 0 Å². The Bertz CT molecular complexity index is 271. The van der Waals surface area contributed by atoms with Gasteiger partial charge in [0, 0.05) is 0 Å². The Labute approximate surface area is 74.1 Å². The van der Waals surface area contributed by atoms with Gasteiger partial charge in [0.25, 0.3) is 5.19 Å². The molecule has 1 aromatic rings. The highest BCUT2D eigenvalue weighted by atomic mass is 32.1. The minimum atomic E-state index is -0.376. The van der Waals surface area contributed by atoms with Crippen LogP contribution >= 0.6 is 11.3 Å². The fourth-order valence-electron chi connectivity index (χ4n) is 0.643. The lowest BCUT2D eigenvalue weighted by Gasteiger charge is -1.93. The van der Waals surface area contributed by atoms with Crippen LogP contribution < -0.4 is 4.74 Å². The van der Waals surface area contributed by atoms with E-state index < -0.39 is 0 Å². The summed E-state index contributed by atoms with van der Waals surface area (Å²) >= 11 is 1.18. The van der Waals surface area contributed by atoms with Gasteiger partial charge in [-0.3, -0.25) is 0 Å². The number of hydrogen-bond acceptors (Lipinski definition) is 5. The molecule has 0 fully saturated rings. The molecule has 5 heteroatoms. The quantitative estimate of drug-likeness (QED) is 0.670. The SMILES string of the molecule is CCOc1ncc(C(=O)OC)s1. The van der Waals surface area contributed by atoms with Crippen LogP contribution in [0.2, 0.25) is 0 Å². The Morgan fingerprint density at radius 1 is 1.75 bits per heavy atom. The van der Waals surface area contributed by atoms with E-state index >= 15 is 0 Å². The zero-order valence-electron chi connectivity index (χ0n) is 6.86. The highest BCUT2D eigenvalue weighted by molar-refractivity contribution is 7.15. The van der Waals surface area contributed by atoms with Gasteiger partial charge in [0.05, 0.1) is 19.9 Å². The fourth-order valence-corrected chi connectivity index (χ4v) is 1.39. The highest BCUT2D eigenvalue weighted by Crippen LogP contribution is 2.20. The Kier molecular flexibility index (Phi) is 3.04. The van der Waals surface area contributed by atoms with Crippen LogP contribution in [0.3, 0.4) is 0 Å². The number of esters is 1. The Balaban J connectivity index is 2.70. The predicted octanol–water partition coefficient (Wildman–Crippen LogP) is 1.33. The first-order chi connectivity index (χ1) is 5.77. The van der Waals surface area contributed by atoms with Crippen molar-refractivity contribution in [1.82, 2.24) is 4.98 Å². The van der Waals surface area contributed by atoms with Gasteiger partial charge in [-0.05, 0) is 6.92 Å². The van der Waals surface area contributed by atoms with Crippen LogP contribution in [0, 0.1) is 0 Å². The minimum absolute atomic E-state index is 0.376. The molecule has 1 rings (SSSR count). The summed E-state index contributed by atoms with van der Waals surface area (Å²) in [6, 6.07) is 0. The van der Waals surface area contributed by atoms with Crippen molar-refractivity contribution in [2.75, 3.05) is 13.7 Å². The van der Waals surface area contributed by atoms with Crippen LogP contribution in [0.5, 0.6) is 5.19 Å². The van der Waals surface area contributed by atoms with Crippen LogP contribution in [0.15, 0.2) is 6.20 Å². The van der Waals surface area contributed by atoms with Crippen molar-refractivity contribution in [1.29, 1.82) is 0 Å². The summed E-state index contributed by atoms with van der Waals surface area (Å²) in [6.07, 6.45) is 1.45. The summed E-state index contributed by atoms with van der Waals surface area (Å²) in [6.45, 7) is 2.41. The molecule has 0 aliphatic heterocycles. The summed E-state index contributed by atoms with van der Waals surface area (Å²) in [5.74, 6) is -0.376. The first-order valence-corrected chi connectivity index (χ1v) is 4.26. The molecule has 12 heavy (non-hydrogen) atoms. The first kappa shape index (κ1) is 8.99. The zero-order chi connectivity index (χ0) is 8.97. The Morgan fingerprint density at radius 2 is 2.50 bits per heavy atom. The minimum Gasteiger partial charge on any atom is -0.470 e. The lowest BCUT2D eigenvalue weighted by molar-refractivity contribution is 0.0606. The summed E-state index contributed by atoms with van der Waals surface area (Å²) < 4.78 is 9.58. The molecule has 0 aliphatic rings. The van der Waals surface area contributed by atoms with Gasteiger partial charge in [-0.1, -0.05) is 11.3 Å². The third-order valence-electron chi connectivity index (χ3n) is 1.14. The van der Waals surface area contributed by atoms with Crippen LogP contribution in [-0.4, -0.2) is 24.7 Å². The number of rotatable bonds is 3. The van der Waals surface area contributed by atoms with Crippen molar-refractivity contribution in [2.45, 2.75) is 6.92 Å². The number of thiazole rings is 1. The molecule has 0 radical (unpaired) electrons. The fraction of sp³-hybridized carbons (Fsp3) is 0.429. The number of nitrogens with zero attached hydrogens (tertiary/aromatic N) is 1. The molecular formula is C7H9NO3S. The molecule has 0 N–H and O–H groups in total. The Hall–Kier alpha value is -1.10. The maximum atomic E-state index is 10.9. The van der Waals surface area contributed by atoms with Gasteiger partial charge in [-0.2, -0.15) is 0 Å². The lowest BCUT2D eigenvalue weighted by atomic mass is 10.6. The molecule has 0 unspecified atom stereocenters. The molecule has 0 amide bonds. The van der Waals surface area contributed by atoms with E-state index in [2.05, 4.69) is 9.72 Å². The summed E-state index contributed by atoms with van der Waals surface area (Å²) in [7, 11) is 1.34. The third kappa shape index (κ3) is 1.94. The molecule has 1 heterocycles. The van der Waals surface area contributed by atoms with E-state index in [0.29, 0.717) is 16.7 Å². The molecule has 0 spiro atoms. The number of carbonyl (C=O) groups is 1. The van der Waals surface area contributed by atoms with Crippen molar-refractivity contribution >= 4 is 17.3 Å². The maximum Gasteiger partial charge on any atom is 0.349 e.